The van der Waals surface area contributed by atoms with E-state index in [0.717, 1.165) is 22.3 Å². The summed E-state index contributed by atoms with van der Waals surface area (Å²) < 4.78 is 1.43. The average Bonchev–Trinajstić information content (AvgIpc) is 3.23. The van der Waals surface area contributed by atoms with E-state index in [4.69, 9.17) is 0 Å². The molecule has 0 aliphatic heterocycles. The van der Waals surface area contributed by atoms with Gasteiger partial charge in [0.1, 0.15) is 0 Å². The molecule has 0 atom stereocenters. The molecule has 9 heteroatoms. The van der Waals surface area contributed by atoms with Crippen LogP contribution in [-0.4, -0.2) is 33.5 Å². The highest BCUT2D eigenvalue weighted by Crippen LogP contribution is 2.28. The van der Waals surface area contributed by atoms with Crippen molar-refractivity contribution < 1.29 is 9.59 Å². The molecule has 31 heavy (non-hydrogen) atoms. The maximum absolute atomic E-state index is 12.1. The van der Waals surface area contributed by atoms with E-state index < -0.39 is 0 Å². The Morgan fingerprint density at radius 2 is 1.19 bits per heavy atom. The molecule has 0 saturated carbocycles. The molecule has 0 fully saturated rings. The van der Waals surface area contributed by atoms with E-state index in [1.165, 1.54) is 34.9 Å². The predicted molar refractivity (Wildman–Crippen MR) is 127 cm³/mol. The number of carbonyl (C=O) groups is 2. The lowest BCUT2D eigenvalue weighted by atomic mass is 10.1. The molecule has 2 aromatic carbocycles. The van der Waals surface area contributed by atoms with Gasteiger partial charge in [-0.3, -0.25) is 9.59 Å². The van der Waals surface area contributed by atoms with Crippen molar-refractivity contribution >= 4 is 46.7 Å². The smallest absolute Gasteiger partial charge is 0.230 e. The van der Waals surface area contributed by atoms with Gasteiger partial charge in [-0.1, -0.05) is 83.4 Å². The minimum Gasteiger partial charge on any atom is -0.351 e. The number of amides is 2. The fraction of sp³-hybridized carbons (Fsp3) is 0.273. The Labute approximate surface area is 194 Å². The molecule has 0 aliphatic rings. The number of nitrogens with zero attached hydrogens (tertiary/aromatic N) is 2. The molecule has 0 saturated heterocycles. The Bertz CT molecular complexity index is 959. The summed E-state index contributed by atoms with van der Waals surface area (Å²) in [5.74, 6) is 0.464. The van der Waals surface area contributed by atoms with Crippen molar-refractivity contribution in [1.29, 1.82) is 0 Å². The van der Waals surface area contributed by atoms with Crippen molar-refractivity contribution in [2.75, 3.05) is 11.5 Å². The van der Waals surface area contributed by atoms with Crippen molar-refractivity contribution in [3.05, 3.63) is 70.8 Å². The summed E-state index contributed by atoms with van der Waals surface area (Å²) in [6.07, 6.45) is 0. The molecular weight excluding hydrogens is 448 g/mol. The second-order valence-corrected chi connectivity index (χ2v) is 10.2. The van der Waals surface area contributed by atoms with Crippen LogP contribution in [0.5, 0.6) is 0 Å². The first-order valence-corrected chi connectivity index (χ1v) is 12.5. The molecule has 1 heterocycles. The largest absolute Gasteiger partial charge is 0.351 e. The number of rotatable bonds is 10. The van der Waals surface area contributed by atoms with Gasteiger partial charge in [-0.15, -0.1) is 10.2 Å². The fourth-order valence-corrected chi connectivity index (χ4v) is 5.35. The summed E-state index contributed by atoms with van der Waals surface area (Å²) >= 11 is 4.10. The maximum Gasteiger partial charge on any atom is 0.230 e. The third-order valence-corrected chi connectivity index (χ3v) is 7.71. The van der Waals surface area contributed by atoms with Gasteiger partial charge in [0.2, 0.25) is 11.8 Å². The zero-order chi connectivity index (χ0) is 22.1. The van der Waals surface area contributed by atoms with Crippen LogP contribution in [0.3, 0.4) is 0 Å². The first-order chi connectivity index (χ1) is 15.0. The number of aryl methyl sites for hydroxylation is 2. The lowest BCUT2D eigenvalue weighted by molar-refractivity contribution is -0.119. The molecular formula is C22H24N4O2S3. The number of thioether (sulfide) groups is 2. The van der Waals surface area contributed by atoms with Crippen molar-refractivity contribution in [2.45, 2.75) is 35.6 Å². The highest BCUT2D eigenvalue weighted by atomic mass is 32.2. The van der Waals surface area contributed by atoms with Crippen LogP contribution in [0.25, 0.3) is 0 Å². The van der Waals surface area contributed by atoms with Crippen molar-refractivity contribution in [3.8, 4) is 0 Å². The first kappa shape index (κ1) is 23.3. The summed E-state index contributed by atoms with van der Waals surface area (Å²) in [4.78, 5) is 24.2. The summed E-state index contributed by atoms with van der Waals surface area (Å²) in [7, 11) is 0. The Balaban J connectivity index is 1.36. The maximum atomic E-state index is 12.1. The average molecular weight is 473 g/mol. The van der Waals surface area contributed by atoms with E-state index in [1.54, 1.807) is 0 Å². The number of nitrogens with one attached hydrogen (secondary N) is 2. The molecule has 0 unspecified atom stereocenters. The zero-order valence-electron chi connectivity index (χ0n) is 17.4. The molecule has 2 N–H and O–H groups in total. The second-order valence-electron chi connectivity index (χ2n) is 6.82. The molecule has 1 aromatic heterocycles. The van der Waals surface area contributed by atoms with Crippen LogP contribution in [0.1, 0.15) is 22.3 Å². The van der Waals surface area contributed by atoms with Crippen molar-refractivity contribution in [1.82, 2.24) is 20.8 Å². The van der Waals surface area contributed by atoms with Gasteiger partial charge < -0.3 is 10.6 Å². The molecule has 3 aromatic rings. The Hall–Kier alpha value is -2.36. The van der Waals surface area contributed by atoms with E-state index in [1.807, 2.05) is 62.4 Å². The van der Waals surface area contributed by atoms with Gasteiger partial charge >= 0.3 is 0 Å². The van der Waals surface area contributed by atoms with Crippen molar-refractivity contribution in [3.63, 3.8) is 0 Å². The van der Waals surface area contributed by atoms with E-state index >= 15 is 0 Å². The predicted octanol–water partition coefficient (Wildman–Crippen LogP) is 3.97. The van der Waals surface area contributed by atoms with Gasteiger partial charge in [-0.05, 0) is 36.1 Å². The van der Waals surface area contributed by atoms with Gasteiger partial charge in [0, 0.05) is 13.1 Å². The number of hydrogen-bond acceptors (Lipinski definition) is 7. The van der Waals surface area contributed by atoms with Gasteiger partial charge in [-0.25, -0.2) is 0 Å². The minimum atomic E-state index is -0.0479. The van der Waals surface area contributed by atoms with Crippen LogP contribution >= 0.6 is 34.9 Å². The molecule has 3 rings (SSSR count). The summed E-state index contributed by atoms with van der Waals surface area (Å²) in [6.45, 7) is 5.08. The van der Waals surface area contributed by atoms with Crippen LogP contribution < -0.4 is 10.6 Å². The third-order valence-electron chi connectivity index (χ3n) is 4.52. The standard InChI is InChI=1S/C22H24N4O2S3/c1-15-7-3-5-9-17(15)11-23-19(27)13-29-21-25-26-22(31-21)30-14-20(28)24-12-18-10-6-4-8-16(18)2/h3-10H,11-14H2,1-2H3,(H,23,27)(H,24,28). The van der Waals surface area contributed by atoms with E-state index in [2.05, 4.69) is 20.8 Å². The molecule has 0 aliphatic carbocycles. The Kier molecular flexibility index (Phi) is 8.93. The van der Waals surface area contributed by atoms with Crippen molar-refractivity contribution in [2.24, 2.45) is 0 Å². The first-order valence-electron chi connectivity index (χ1n) is 9.73. The monoisotopic (exact) mass is 472 g/mol. The SMILES string of the molecule is Cc1ccccc1CNC(=O)CSc1nnc(SCC(=O)NCc2ccccc2C)s1. The molecule has 0 spiro atoms. The molecule has 0 radical (unpaired) electrons. The third kappa shape index (κ3) is 7.68. The summed E-state index contributed by atoms with van der Waals surface area (Å²) in [5.41, 5.74) is 4.53. The normalized spacial score (nSPS) is 10.6. The lowest BCUT2D eigenvalue weighted by Crippen LogP contribution is -2.24. The van der Waals surface area contributed by atoms with Crippen LogP contribution in [-0.2, 0) is 22.7 Å². The zero-order valence-corrected chi connectivity index (χ0v) is 19.8. The number of benzene rings is 2. The van der Waals surface area contributed by atoms with Gasteiger partial charge in [0.15, 0.2) is 8.68 Å². The summed E-state index contributed by atoms with van der Waals surface area (Å²) in [5, 5.41) is 14.1. The van der Waals surface area contributed by atoms with E-state index in [0.29, 0.717) is 21.8 Å². The van der Waals surface area contributed by atoms with Crippen LogP contribution in [0, 0.1) is 13.8 Å². The van der Waals surface area contributed by atoms with Gasteiger partial charge in [-0.2, -0.15) is 0 Å². The van der Waals surface area contributed by atoms with Crippen LogP contribution in [0.4, 0.5) is 0 Å². The van der Waals surface area contributed by atoms with E-state index in [-0.39, 0.29) is 23.3 Å². The minimum absolute atomic E-state index is 0.0479. The number of aromatic nitrogens is 2. The van der Waals surface area contributed by atoms with Crippen LogP contribution in [0.15, 0.2) is 57.2 Å². The quantitative estimate of drug-likeness (QED) is 0.435. The highest BCUT2D eigenvalue weighted by Gasteiger charge is 2.11. The number of carbonyl (C=O) groups excluding carboxylic acids is 2. The Morgan fingerprint density at radius 3 is 1.61 bits per heavy atom. The lowest BCUT2D eigenvalue weighted by Gasteiger charge is -2.07. The second kappa shape index (κ2) is 11.9. The van der Waals surface area contributed by atoms with Gasteiger partial charge in [0.05, 0.1) is 11.5 Å². The molecule has 162 valence electrons. The van der Waals surface area contributed by atoms with Crippen LogP contribution in [0.2, 0.25) is 0 Å². The fourth-order valence-electron chi connectivity index (χ4n) is 2.67. The van der Waals surface area contributed by atoms with E-state index in [9.17, 15) is 9.59 Å². The highest BCUT2D eigenvalue weighted by molar-refractivity contribution is 8.03. The van der Waals surface area contributed by atoms with Gasteiger partial charge in [0.25, 0.3) is 0 Å². The number of hydrogen-bond donors (Lipinski definition) is 2. The molecule has 6 nitrogen and oxygen atoms in total. The topological polar surface area (TPSA) is 84.0 Å². The molecule has 2 amide bonds. The Morgan fingerprint density at radius 1 is 0.774 bits per heavy atom. The summed E-state index contributed by atoms with van der Waals surface area (Å²) in [6, 6.07) is 16.0. The molecule has 0 bridgehead atoms.